The Labute approximate surface area is 185 Å². The molecular formula is C22H24FN3O3S2. The lowest BCUT2D eigenvalue weighted by Gasteiger charge is -2.34. The number of thiazole rings is 1. The van der Waals surface area contributed by atoms with Crippen molar-refractivity contribution in [2.24, 2.45) is 0 Å². The van der Waals surface area contributed by atoms with Gasteiger partial charge in [0.15, 0.2) is 15.0 Å². The minimum atomic E-state index is -3.23. The summed E-state index contributed by atoms with van der Waals surface area (Å²) >= 11 is 1.45. The molecule has 1 aliphatic heterocycles. The van der Waals surface area contributed by atoms with Crippen molar-refractivity contribution in [1.29, 1.82) is 0 Å². The molecule has 2 aromatic carbocycles. The Morgan fingerprint density at radius 1 is 1.06 bits per heavy atom. The molecule has 164 valence electrons. The number of aromatic nitrogens is 1. The third-order valence-electron chi connectivity index (χ3n) is 5.32. The number of amides is 1. The van der Waals surface area contributed by atoms with Gasteiger partial charge in [-0.2, -0.15) is 0 Å². The molecule has 0 bridgehead atoms. The maximum Gasteiger partial charge on any atom is 0.222 e. The molecule has 0 unspecified atom stereocenters. The summed E-state index contributed by atoms with van der Waals surface area (Å²) < 4.78 is 38.8. The van der Waals surface area contributed by atoms with Crippen LogP contribution in [-0.4, -0.2) is 56.1 Å². The summed E-state index contributed by atoms with van der Waals surface area (Å²) in [6.07, 6.45) is 0.562. The van der Waals surface area contributed by atoms with E-state index in [2.05, 4.69) is 9.88 Å². The van der Waals surface area contributed by atoms with Gasteiger partial charge >= 0.3 is 0 Å². The summed E-state index contributed by atoms with van der Waals surface area (Å²) in [7, 11) is -3.23. The standard InChI is InChI=1S/C22H24FN3O3S2/c23-18-8-9-19-20(15-18)30-22(24-19)26-12-10-25(11-13-26)21(27)7-4-14-31(28,29)16-17-5-2-1-3-6-17/h1-3,5-6,8-9,15H,4,7,10-14,16H2. The van der Waals surface area contributed by atoms with Crippen LogP contribution in [0.15, 0.2) is 48.5 Å². The molecule has 9 heteroatoms. The van der Waals surface area contributed by atoms with Gasteiger partial charge in [0.1, 0.15) is 5.82 Å². The fourth-order valence-electron chi connectivity index (χ4n) is 3.67. The fraction of sp³-hybridized carbons (Fsp3) is 0.364. The first-order valence-electron chi connectivity index (χ1n) is 10.2. The number of nitrogens with zero attached hydrogens (tertiary/aromatic N) is 3. The summed E-state index contributed by atoms with van der Waals surface area (Å²) in [5.74, 6) is -0.271. The molecule has 4 rings (SSSR count). The van der Waals surface area contributed by atoms with Crippen LogP contribution in [0.25, 0.3) is 10.2 Å². The lowest BCUT2D eigenvalue weighted by molar-refractivity contribution is -0.131. The molecule has 0 atom stereocenters. The number of sulfone groups is 1. The number of piperazine rings is 1. The Hall–Kier alpha value is -2.52. The van der Waals surface area contributed by atoms with Gasteiger partial charge in [-0.15, -0.1) is 0 Å². The maximum atomic E-state index is 13.4. The monoisotopic (exact) mass is 461 g/mol. The molecule has 0 N–H and O–H groups in total. The SMILES string of the molecule is O=C(CCCS(=O)(=O)Cc1ccccc1)N1CCN(c2nc3ccc(F)cc3s2)CC1. The smallest absolute Gasteiger partial charge is 0.222 e. The summed E-state index contributed by atoms with van der Waals surface area (Å²) in [5.41, 5.74) is 1.54. The Morgan fingerprint density at radius 2 is 1.81 bits per heavy atom. The third-order valence-corrected chi connectivity index (χ3v) is 8.08. The van der Waals surface area contributed by atoms with Gasteiger partial charge in [-0.25, -0.2) is 17.8 Å². The lowest BCUT2D eigenvalue weighted by atomic mass is 10.2. The Balaban J connectivity index is 1.24. The number of hydrogen-bond acceptors (Lipinski definition) is 6. The molecule has 0 saturated carbocycles. The Morgan fingerprint density at radius 3 is 2.55 bits per heavy atom. The predicted molar refractivity (Wildman–Crippen MR) is 122 cm³/mol. The number of fused-ring (bicyclic) bond motifs is 1. The molecule has 3 aromatic rings. The van der Waals surface area contributed by atoms with E-state index >= 15 is 0 Å². The van der Waals surface area contributed by atoms with Crippen LogP contribution >= 0.6 is 11.3 Å². The van der Waals surface area contributed by atoms with Crippen LogP contribution in [0, 0.1) is 5.82 Å². The van der Waals surface area contributed by atoms with Gasteiger partial charge in [-0.3, -0.25) is 4.79 Å². The highest BCUT2D eigenvalue weighted by Crippen LogP contribution is 2.30. The average molecular weight is 462 g/mol. The topological polar surface area (TPSA) is 70.6 Å². The number of rotatable bonds is 7. The van der Waals surface area contributed by atoms with Crippen molar-refractivity contribution < 1.29 is 17.6 Å². The number of carbonyl (C=O) groups excluding carboxylic acids is 1. The summed E-state index contributed by atoms with van der Waals surface area (Å²) in [6.45, 7) is 2.44. The summed E-state index contributed by atoms with van der Waals surface area (Å²) in [5, 5.41) is 0.833. The molecule has 1 amide bonds. The highest BCUT2D eigenvalue weighted by molar-refractivity contribution is 7.90. The zero-order valence-electron chi connectivity index (χ0n) is 17.0. The van der Waals surface area contributed by atoms with E-state index in [1.54, 1.807) is 23.1 Å². The first-order chi connectivity index (χ1) is 14.9. The molecule has 31 heavy (non-hydrogen) atoms. The summed E-state index contributed by atoms with van der Waals surface area (Å²) in [6, 6.07) is 13.7. The van der Waals surface area contributed by atoms with Crippen LogP contribution in [0.3, 0.4) is 0 Å². The van der Waals surface area contributed by atoms with Crippen molar-refractivity contribution in [1.82, 2.24) is 9.88 Å². The minimum Gasteiger partial charge on any atom is -0.345 e. The Bertz CT molecular complexity index is 1160. The van der Waals surface area contributed by atoms with Gasteiger partial charge in [-0.1, -0.05) is 41.7 Å². The molecule has 0 aliphatic carbocycles. The fourth-order valence-corrected chi connectivity index (χ4v) is 6.14. The maximum absolute atomic E-state index is 13.4. The first-order valence-corrected chi connectivity index (χ1v) is 12.9. The molecule has 2 heterocycles. The second-order valence-electron chi connectivity index (χ2n) is 7.66. The van der Waals surface area contributed by atoms with Crippen molar-refractivity contribution in [2.45, 2.75) is 18.6 Å². The minimum absolute atomic E-state index is 0.00672. The van der Waals surface area contributed by atoms with Gasteiger partial charge in [0.25, 0.3) is 0 Å². The quantitative estimate of drug-likeness (QED) is 0.539. The number of anilines is 1. The largest absolute Gasteiger partial charge is 0.345 e. The van der Waals surface area contributed by atoms with Crippen molar-refractivity contribution in [3.63, 3.8) is 0 Å². The van der Waals surface area contributed by atoms with E-state index in [0.717, 1.165) is 20.9 Å². The zero-order chi connectivity index (χ0) is 21.8. The van der Waals surface area contributed by atoms with E-state index < -0.39 is 9.84 Å². The predicted octanol–water partition coefficient (Wildman–Crippen LogP) is 3.48. The van der Waals surface area contributed by atoms with E-state index in [4.69, 9.17) is 0 Å². The number of carbonyl (C=O) groups is 1. The highest BCUT2D eigenvalue weighted by atomic mass is 32.2. The van der Waals surface area contributed by atoms with Gasteiger partial charge in [0, 0.05) is 32.6 Å². The first kappa shape index (κ1) is 21.7. The van der Waals surface area contributed by atoms with Crippen LogP contribution < -0.4 is 4.90 Å². The molecule has 1 aromatic heterocycles. The van der Waals surface area contributed by atoms with Crippen LogP contribution in [-0.2, 0) is 20.4 Å². The molecule has 1 fully saturated rings. The zero-order valence-corrected chi connectivity index (χ0v) is 18.7. The molecule has 0 radical (unpaired) electrons. The van der Waals surface area contributed by atoms with E-state index in [1.807, 2.05) is 18.2 Å². The number of benzene rings is 2. The molecule has 6 nitrogen and oxygen atoms in total. The second-order valence-corrected chi connectivity index (χ2v) is 10.9. The highest BCUT2D eigenvalue weighted by Gasteiger charge is 2.23. The lowest BCUT2D eigenvalue weighted by Crippen LogP contribution is -2.48. The molecular weight excluding hydrogens is 437 g/mol. The molecule has 1 saturated heterocycles. The van der Waals surface area contributed by atoms with Crippen LogP contribution in [0.4, 0.5) is 9.52 Å². The molecule has 0 spiro atoms. The average Bonchev–Trinajstić information content (AvgIpc) is 3.17. The molecule has 1 aliphatic rings. The van der Waals surface area contributed by atoms with Crippen LogP contribution in [0.2, 0.25) is 0 Å². The van der Waals surface area contributed by atoms with Gasteiger partial charge in [0.05, 0.1) is 21.7 Å². The third kappa shape index (κ3) is 5.59. The van der Waals surface area contributed by atoms with Gasteiger partial charge < -0.3 is 9.80 Å². The van der Waals surface area contributed by atoms with Gasteiger partial charge in [-0.05, 0) is 30.2 Å². The van der Waals surface area contributed by atoms with Crippen molar-refractivity contribution in [3.8, 4) is 0 Å². The van der Waals surface area contributed by atoms with Crippen LogP contribution in [0.5, 0.6) is 0 Å². The van der Waals surface area contributed by atoms with E-state index in [9.17, 15) is 17.6 Å². The van der Waals surface area contributed by atoms with Crippen molar-refractivity contribution >= 4 is 42.4 Å². The second kappa shape index (κ2) is 9.32. The normalized spacial score (nSPS) is 14.9. The van der Waals surface area contributed by atoms with Crippen LogP contribution in [0.1, 0.15) is 18.4 Å². The number of halogens is 1. The van der Waals surface area contributed by atoms with Gasteiger partial charge in [0.2, 0.25) is 5.91 Å². The Kier molecular flexibility index (Phi) is 6.52. The summed E-state index contributed by atoms with van der Waals surface area (Å²) in [4.78, 5) is 21.0. The van der Waals surface area contributed by atoms with Crippen molar-refractivity contribution in [3.05, 3.63) is 59.9 Å². The van der Waals surface area contributed by atoms with E-state index in [0.29, 0.717) is 32.6 Å². The number of hydrogen-bond donors (Lipinski definition) is 0. The van der Waals surface area contributed by atoms with Crippen molar-refractivity contribution in [2.75, 3.05) is 36.8 Å². The van der Waals surface area contributed by atoms with E-state index in [1.165, 1.54) is 23.5 Å². The van der Waals surface area contributed by atoms with E-state index in [-0.39, 0.29) is 29.7 Å².